The lowest BCUT2D eigenvalue weighted by molar-refractivity contribution is 0.137. The summed E-state index contributed by atoms with van der Waals surface area (Å²) < 4.78 is 16.0. The van der Waals surface area contributed by atoms with E-state index in [4.69, 9.17) is 14.2 Å². The molecule has 0 saturated heterocycles. The van der Waals surface area contributed by atoms with Crippen molar-refractivity contribution in [2.45, 2.75) is 25.8 Å². The third kappa shape index (κ3) is 5.09. The molecule has 4 nitrogen and oxygen atoms in total. The third-order valence-corrected chi connectivity index (χ3v) is 3.15. The molecule has 0 aliphatic heterocycles. The second kappa shape index (κ2) is 8.77. The molecule has 0 radical (unpaired) electrons. The molecule has 0 bridgehead atoms. The maximum Gasteiger partial charge on any atom is 0.160 e. The van der Waals surface area contributed by atoms with Crippen LogP contribution in [0, 0.1) is 0 Å². The molecule has 0 fully saturated rings. The lowest BCUT2D eigenvalue weighted by atomic mass is 10.0. The van der Waals surface area contributed by atoms with Gasteiger partial charge in [0.1, 0.15) is 0 Å². The van der Waals surface area contributed by atoms with E-state index in [1.54, 1.807) is 14.2 Å². The average molecular weight is 267 g/mol. The van der Waals surface area contributed by atoms with E-state index in [0.29, 0.717) is 6.04 Å². The van der Waals surface area contributed by atoms with Crippen LogP contribution in [0.3, 0.4) is 0 Å². The van der Waals surface area contributed by atoms with E-state index in [2.05, 4.69) is 11.4 Å². The van der Waals surface area contributed by atoms with Gasteiger partial charge >= 0.3 is 0 Å². The Balaban J connectivity index is 2.63. The van der Waals surface area contributed by atoms with Gasteiger partial charge in [0, 0.05) is 19.3 Å². The van der Waals surface area contributed by atoms with Crippen molar-refractivity contribution in [1.29, 1.82) is 0 Å². The molecule has 0 heterocycles. The van der Waals surface area contributed by atoms with Crippen molar-refractivity contribution in [1.82, 2.24) is 5.32 Å². The Kier molecular flexibility index (Phi) is 7.30. The second-order valence-corrected chi connectivity index (χ2v) is 4.36. The van der Waals surface area contributed by atoms with E-state index in [9.17, 15) is 0 Å². The van der Waals surface area contributed by atoms with Crippen molar-refractivity contribution >= 4 is 0 Å². The van der Waals surface area contributed by atoms with E-state index in [1.807, 2.05) is 26.1 Å². The quantitative estimate of drug-likeness (QED) is 0.697. The van der Waals surface area contributed by atoms with Gasteiger partial charge in [0.15, 0.2) is 11.5 Å². The molecular formula is C15H25NO3. The van der Waals surface area contributed by atoms with Crippen LogP contribution in [0.2, 0.25) is 0 Å². The number of hydrogen-bond acceptors (Lipinski definition) is 4. The number of benzene rings is 1. The van der Waals surface area contributed by atoms with Gasteiger partial charge in [-0.2, -0.15) is 0 Å². The molecule has 0 aromatic heterocycles. The number of hydrogen-bond donors (Lipinski definition) is 1. The van der Waals surface area contributed by atoms with Gasteiger partial charge in [-0.25, -0.2) is 0 Å². The molecule has 0 spiro atoms. The summed E-state index contributed by atoms with van der Waals surface area (Å²) in [6.07, 6.45) is 1.95. The maximum absolute atomic E-state index is 5.40. The number of rotatable bonds is 9. The van der Waals surface area contributed by atoms with Crippen molar-refractivity contribution in [2.75, 3.05) is 34.5 Å². The molecule has 108 valence electrons. The summed E-state index contributed by atoms with van der Waals surface area (Å²) in [6, 6.07) is 6.46. The third-order valence-electron chi connectivity index (χ3n) is 3.15. The Morgan fingerprint density at radius 2 is 1.89 bits per heavy atom. The van der Waals surface area contributed by atoms with Crippen LogP contribution in [0.5, 0.6) is 11.5 Å². The van der Waals surface area contributed by atoms with Crippen LogP contribution < -0.4 is 14.8 Å². The fraction of sp³-hybridized carbons (Fsp3) is 0.600. The van der Waals surface area contributed by atoms with Crippen LogP contribution in [0.4, 0.5) is 0 Å². The Labute approximate surface area is 116 Å². The molecule has 4 heteroatoms. The lowest BCUT2D eigenvalue weighted by Crippen LogP contribution is -2.29. The minimum Gasteiger partial charge on any atom is -0.493 e. The van der Waals surface area contributed by atoms with Crippen molar-refractivity contribution in [3.63, 3.8) is 0 Å². The maximum atomic E-state index is 5.40. The molecule has 1 atom stereocenters. The molecule has 0 aliphatic rings. The van der Waals surface area contributed by atoms with Gasteiger partial charge < -0.3 is 19.5 Å². The highest BCUT2D eigenvalue weighted by atomic mass is 16.5. The highest BCUT2D eigenvalue weighted by Gasteiger charge is 2.10. The summed E-state index contributed by atoms with van der Waals surface area (Å²) in [5.74, 6) is 1.54. The van der Waals surface area contributed by atoms with Crippen molar-refractivity contribution in [3.8, 4) is 11.5 Å². The zero-order valence-corrected chi connectivity index (χ0v) is 12.4. The summed E-state index contributed by atoms with van der Waals surface area (Å²) in [6.45, 7) is 3.57. The first-order valence-electron chi connectivity index (χ1n) is 6.71. The standard InChI is InChI=1S/C15H25NO3/c1-5-19-9-8-13(16-2)10-12-6-7-14(17-3)15(11-12)18-4/h6-7,11,13,16H,5,8-10H2,1-4H3. The Morgan fingerprint density at radius 1 is 1.16 bits per heavy atom. The van der Waals surface area contributed by atoms with Crippen LogP contribution >= 0.6 is 0 Å². The molecule has 1 aromatic rings. The monoisotopic (exact) mass is 267 g/mol. The zero-order valence-electron chi connectivity index (χ0n) is 12.4. The van der Waals surface area contributed by atoms with E-state index in [0.717, 1.165) is 37.6 Å². The molecule has 1 aromatic carbocycles. The molecule has 19 heavy (non-hydrogen) atoms. The first-order valence-corrected chi connectivity index (χ1v) is 6.71. The predicted octanol–water partition coefficient (Wildman–Crippen LogP) is 2.26. The van der Waals surface area contributed by atoms with E-state index in [1.165, 1.54) is 5.56 Å². The molecule has 0 amide bonds. The molecule has 1 N–H and O–H groups in total. The summed E-state index contributed by atoms with van der Waals surface area (Å²) in [5.41, 5.74) is 1.23. The van der Waals surface area contributed by atoms with E-state index in [-0.39, 0.29) is 0 Å². The number of nitrogens with one attached hydrogen (secondary N) is 1. The van der Waals surface area contributed by atoms with Crippen molar-refractivity contribution in [2.24, 2.45) is 0 Å². The van der Waals surface area contributed by atoms with Crippen molar-refractivity contribution < 1.29 is 14.2 Å². The molecular weight excluding hydrogens is 242 g/mol. The first kappa shape index (κ1) is 15.8. The fourth-order valence-corrected chi connectivity index (χ4v) is 2.01. The summed E-state index contributed by atoms with van der Waals surface area (Å²) in [7, 11) is 5.29. The van der Waals surface area contributed by atoms with Gasteiger partial charge in [0.2, 0.25) is 0 Å². The highest BCUT2D eigenvalue weighted by molar-refractivity contribution is 5.43. The van der Waals surface area contributed by atoms with Gasteiger partial charge in [-0.15, -0.1) is 0 Å². The van der Waals surface area contributed by atoms with E-state index < -0.39 is 0 Å². The SMILES string of the molecule is CCOCCC(Cc1ccc(OC)c(OC)c1)NC. The molecule has 0 saturated carbocycles. The largest absolute Gasteiger partial charge is 0.493 e. The van der Waals surface area contributed by atoms with Crippen LogP contribution in [-0.4, -0.2) is 40.5 Å². The van der Waals surface area contributed by atoms with Gasteiger partial charge in [-0.1, -0.05) is 6.07 Å². The smallest absolute Gasteiger partial charge is 0.160 e. The molecule has 1 unspecified atom stereocenters. The van der Waals surface area contributed by atoms with Crippen LogP contribution in [0.1, 0.15) is 18.9 Å². The average Bonchev–Trinajstić information content (AvgIpc) is 2.46. The summed E-state index contributed by atoms with van der Waals surface area (Å²) >= 11 is 0. The lowest BCUT2D eigenvalue weighted by Gasteiger charge is -2.17. The van der Waals surface area contributed by atoms with E-state index >= 15 is 0 Å². The predicted molar refractivity (Wildman–Crippen MR) is 77.2 cm³/mol. The van der Waals surface area contributed by atoms with Crippen molar-refractivity contribution in [3.05, 3.63) is 23.8 Å². The summed E-state index contributed by atoms with van der Waals surface area (Å²) in [4.78, 5) is 0. The summed E-state index contributed by atoms with van der Waals surface area (Å²) in [5, 5.41) is 3.32. The number of likely N-dealkylation sites (N-methyl/N-ethyl adjacent to an activating group) is 1. The minimum atomic E-state index is 0.407. The fourth-order valence-electron chi connectivity index (χ4n) is 2.01. The minimum absolute atomic E-state index is 0.407. The Morgan fingerprint density at radius 3 is 2.47 bits per heavy atom. The second-order valence-electron chi connectivity index (χ2n) is 4.36. The molecule has 0 aliphatic carbocycles. The van der Waals surface area contributed by atoms with Crippen LogP contribution in [-0.2, 0) is 11.2 Å². The Bertz CT molecular complexity index is 368. The van der Waals surface area contributed by atoms with Crippen LogP contribution in [0.25, 0.3) is 0 Å². The first-order chi connectivity index (χ1) is 9.24. The number of methoxy groups -OCH3 is 2. The zero-order chi connectivity index (χ0) is 14.1. The van der Waals surface area contributed by atoms with Gasteiger partial charge in [0.05, 0.1) is 14.2 Å². The normalized spacial score (nSPS) is 12.2. The topological polar surface area (TPSA) is 39.7 Å². The highest BCUT2D eigenvalue weighted by Crippen LogP contribution is 2.28. The van der Waals surface area contributed by atoms with Gasteiger partial charge in [-0.3, -0.25) is 0 Å². The Hall–Kier alpha value is -1.26. The number of ether oxygens (including phenoxy) is 3. The van der Waals surface area contributed by atoms with Gasteiger partial charge in [-0.05, 0) is 44.5 Å². The van der Waals surface area contributed by atoms with Crippen LogP contribution in [0.15, 0.2) is 18.2 Å². The molecule has 1 rings (SSSR count). The van der Waals surface area contributed by atoms with Gasteiger partial charge in [0.25, 0.3) is 0 Å².